The highest BCUT2D eigenvalue weighted by molar-refractivity contribution is 5.94. The predicted octanol–water partition coefficient (Wildman–Crippen LogP) is 3.65. The molecule has 5 heteroatoms. The molecule has 1 aliphatic rings. The Morgan fingerprint density at radius 1 is 1.20 bits per heavy atom. The van der Waals surface area contributed by atoms with Gasteiger partial charge in [-0.25, -0.2) is 0 Å². The zero-order valence-corrected chi connectivity index (χ0v) is 14.3. The van der Waals surface area contributed by atoms with E-state index in [1.54, 1.807) is 6.92 Å². The second-order valence-corrected chi connectivity index (χ2v) is 6.04. The van der Waals surface area contributed by atoms with Crippen LogP contribution in [0.25, 0.3) is 0 Å². The molecule has 3 rings (SSSR count). The molecule has 1 saturated heterocycles. The van der Waals surface area contributed by atoms with Crippen LogP contribution in [0, 0.1) is 0 Å². The minimum absolute atomic E-state index is 0.164. The monoisotopic (exact) mass is 341 g/mol. The quantitative estimate of drug-likeness (QED) is 0.835. The van der Waals surface area contributed by atoms with Gasteiger partial charge in [0.1, 0.15) is 18.1 Å². The number of carbonyl (C=O) groups is 1. The molecule has 0 spiro atoms. The number of carbonyl (C=O) groups excluding carboxylic acids is 1. The summed E-state index contributed by atoms with van der Waals surface area (Å²) in [6, 6.07) is 16.6. The summed E-state index contributed by atoms with van der Waals surface area (Å²) in [4.78, 5) is 12.3. The van der Waals surface area contributed by atoms with Gasteiger partial charge in [0.05, 0.1) is 6.10 Å². The van der Waals surface area contributed by atoms with Crippen LogP contribution in [0.4, 0.5) is 5.69 Å². The number of hydrogen-bond acceptors (Lipinski definition) is 4. The van der Waals surface area contributed by atoms with Crippen LogP contribution < -0.4 is 14.8 Å². The molecule has 25 heavy (non-hydrogen) atoms. The molecular weight excluding hydrogens is 318 g/mol. The second-order valence-electron chi connectivity index (χ2n) is 6.04. The van der Waals surface area contributed by atoms with Gasteiger partial charge in [0.2, 0.25) is 0 Å². The van der Waals surface area contributed by atoms with E-state index in [0.717, 1.165) is 19.4 Å². The summed E-state index contributed by atoms with van der Waals surface area (Å²) < 4.78 is 16.9. The van der Waals surface area contributed by atoms with Gasteiger partial charge in [-0.1, -0.05) is 24.3 Å². The Balaban J connectivity index is 1.52. The zero-order valence-electron chi connectivity index (χ0n) is 14.3. The molecule has 0 radical (unpaired) electrons. The van der Waals surface area contributed by atoms with Gasteiger partial charge in [-0.05, 0) is 44.0 Å². The lowest BCUT2D eigenvalue weighted by Crippen LogP contribution is -2.30. The van der Waals surface area contributed by atoms with Crippen LogP contribution in [0.15, 0.2) is 54.6 Å². The van der Waals surface area contributed by atoms with Crippen molar-refractivity contribution in [2.75, 3.05) is 18.5 Å². The standard InChI is InChI=1S/C20H23NO4/c1-15(25-17-8-3-2-4-9-17)20(22)21-16-7-5-10-18(13-16)24-14-19-11-6-12-23-19/h2-5,7-10,13,15,19H,6,11-12,14H2,1H3,(H,21,22). The molecule has 132 valence electrons. The second kappa shape index (κ2) is 8.53. The van der Waals surface area contributed by atoms with Crippen LogP contribution in [0.1, 0.15) is 19.8 Å². The van der Waals surface area contributed by atoms with E-state index >= 15 is 0 Å². The van der Waals surface area contributed by atoms with Crippen molar-refractivity contribution in [1.29, 1.82) is 0 Å². The van der Waals surface area contributed by atoms with E-state index in [1.807, 2.05) is 54.6 Å². The summed E-state index contributed by atoms with van der Waals surface area (Å²) in [7, 11) is 0. The van der Waals surface area contributed by atoms with Crippen molar-refractivity contribution in [3.8, 4) is 11.5 Å². The van der Waals surface area contributed by atoms with Crippen molar-refractivity contribution in [3.63, 3.8) is 0 Å². The first-order valence-electron chi connectivity index (χ1n) is 8.58. The highest BCUT2D eigenvalue weighted by Gasteiger charge is 2.17. The molecule has 2 aromatic rings. The van der Waals surface area contributed by atoms with E-state index in [9.17, 15) is 4.79 Å². The SMILES string of the molecule is CC(Oc1ccccc1)C(=O)Nc1cccc(OCC2CCCO2)c1. The number of ether oxygens (including phenoxy) is 3. The average molecular weight is 341 g/mol. The van der Waals surface area contributed by atoms with Crippen molar-refractivity contribution >= 4 is 11.6 Å². The fraction of sp³-hybridized carbons (Fsp3) is 0.350. The lowest BCUT2D eigenvalue weighted by atomic mass is 10.2. The molecule has 1 amide bonds. The molecule has 1 N–H and O–H groups in total. The third-order valence-electron chi connectivity index (χ3n) is 3.99. The lowest BCUT2D eigenvalue weighted by molar-refractivity contribution is -0.122. The topological polar surface area (TPSA) is 56.8 Å². The van der Waals surface area contributed by atoms with Gasteiger partial charge in [0, 0.05) is 18.4 Å². The molecule has 2 aromatic carbocycles. The van der Waals surface area contributed by atoms with E-state index in [0.29, 0.717) is 23.8 Å². The van der Waals surface area contributed by atoms with Crippen LogP contribution in [0.3, 0.4) is 0 Å². The number of amides is 1. The lowest BCUT2D eigenvalue weighted by Gasteiger charge is -2.15. The molecule has 5 nitrogen and oxygen atoms in total. The first-order chi connectivity index (χ1) is 12.2. The maximum Gasteiger partial charge on any atom is 0.265 e. The summed E-state index contributed by atoms with van der Waals surface area (Å²) in [5, 5.41) is 2.86. The van der Waals surface area contributed by atoms with E-state index in [1.165, 1.54) is 0 Å². The summed E-state index contributed by atoms with van der Waals surface area (Å²) in [6.45, 7) is 3.06. The molecule has 1 fully saturated rings. The number of anilines is 1. The van der Waals surface area contributed by atoms with Crippen LogP contribution in [0.5, 0.6) is 11.5 Å². The smallest absolute Gasteiger partial charge is 0.265 e. The number of nitrogens with one attached hydrogen (secondary N) is 1. The maximum absolute atomic E-state index is 12.3. The fourth-order valence-corrected chi connectivity index (χ4v) is 2.63. The number of rotatable bonds is 7. The van der Waals surface area contributed by atoms with Crippen molar-refractivity contribution in [2.24, 2.45) is 0 Å². The molecule has 2 atom stereocenters. The highest BCUT2D eigenvalue weighted by Crippen LogP contribution is 2.20. The maximum atomic E-state index is 12.3. The minimum Gasteiger partial charge on any atom is -0.491 e. The molecule has 1 heterocycles. The van der Waals surface area contributed by atoms with Gasteiger partial charge in [-0.2, -0.15) is 0 Å². The van der Waals surface area contributed by atoms with Crippen LogP contribution >= 0.6 is 0 Å². The largest absolute Gasteiger partial charge is 0.491 e. The molecule has 0 bridgehead atoms. The molecular formula is C20H23NO4. The van der Waals surface area contributed by atoms with Gasteiger partial charge in [-0.3, -0.25) is 4.79 Å². The zero-order chi connectivity index (χ0) is 17.5. The molecule has 0 saturated carbocycles. The summed E-state index contributed by atoms with van der Waals surface area (Å²) in [6.07, 6.45) is 1.69. The Bertz CT molecular complexity index is 683. The van der Waals surface area contributed by atoms with Crippen LogP contribution in [-0.4, -0.2) is 31.3 Å². The van der Waals surface area contributed by atoms with E-state index in [-0.39, 0.29) is 12.0 Å². The molecule has 0 aromatic heterocycles. The third-order valence-corrected chi connectivity index (χ3v) is 3.99. The van der Waals surface area contributed by atoms with Gasteiger partial charge in [-0.15, -0.1) is 0 Å². The average Bonchev–Trinajstić information content (AvgIpc) is 3.15. The Labute approximate surface area is 147 Å². The summed E-state index contributed by atoms with van der Waals surface area (Å²) >= 11 is 0. The number of para-hydroxylation sites is 1. The van der Waals surface area contributed by atoms with Crippen molar-refractivity contribution < 1.29 is 19.0 Å². The van der Waals surface area contributed by atoms with Gasteiger partial charge < -0.3 is 19.5 Å². The Kier molecular flexibility index (Phi) is 5.90. The van der Waals surface area contributed by atoms with Crippen molar-refractivity contribution in [1.82, 2.24) is 0 Å². The predicted molar refractivity (Wildman–Crippen MR) is 96.1 cm³/mol. The minimum atomic E-state index is -0.598. The fourth-order valence-electron chi connectivity index (χ4n) is 2.63. The summed E-state index contributed by atoms with van der Waals surface area (Å²) in [5.41, 5.74) is 0.679. The van der Waals surface area contributed by atoms with E-state index in [2.05, 4.69) is 5.32 Å². The Hall–Kier alpha value is -2.53. The van der Waals surface area contributed by atoms with Crippen LogP contribution in [0.2, 0.25) is 0 Å². The molecule has 0 aliphatic carbocycles. The van der Waals surface area contributed by atoms with Gasteiger partial charge >= 0.3 is 0 Å². The summed E-state index contributed by atoms with van der Waals surface area (Å²) in [5.74, 6) is 1.17. The van der Waals surface area contributed by atoms with E-state index < -0.39 is 6.10 Å². The Morgan fingerprint density at radius 2 is 2.00 bits per heavy atom. The molecule has 2 unspecified atom stereocenters. The first-order valence-corrected chi connectivity index (χ1v) is 8.58. The third kappa shape index (κ3) is 5.22. The van der Waals surface area contributed by atoms with Gasteiger partial charge in [0.15, 0.2) is 6.10 Å². The highest BCUT2D eigenvalue weighted by atomic mass is 16.5. The normalized spacial score (nSPS) is 17.7. The Morgan fingerprint density at radius 3 is 2.76 bits per heavy atom. The first kappa shape index (κ1) is 17.3. The molecule has 1 aliphatic heterocycles. The van der Waals surface area contributed by atoms with Crippen molar-refractivity contribution in [3.05, 3.63) is 54.6 Å². The van der Waals surface area contributed by atoms with E-state index in [4.69, 9.17) is 14.2 Å². The van der Waals surface area contributed by atoms with Crippen molar-refractivity contribution in [2.45, 2.75) is 32.0 Å². The van der Waals surface area contributed by atoms with Crippen LogP contribution in [-0.2, 0) is 9.53 Å². The number of hydrogen-bond donors (Lipinski definition) is 1. The van der Waals surface area contributed by atoms with Gasteiger partial charge in [0.25, 0.3) is 5.91 Å². The number of benzene rings is 2.